The molecule has 0 radical (unpaired) electrons. The van der Waals surface area contributed by atoms with Crippen LogP contribution in [0.3, 0.4) is 0 Å². The molecule has 0 aromatic carbocycles. The van der Waals surface area contributed by atoms with Gasteiger partial charge >= 0.3 is 4.36 Å². The van der Waals surface area contributed by atoms with Gasteiger partial charge in [0.25, 0.3) is 0 Å². The van der Waals surface area contributed by atoms with E-state index >= 15 is 0 Å². The number of halogens is 2. The first-order valence-electron chi connectivity index (χ1n) is 5.22. The molecule has 3 fully saturated rings. The normalized spacial score (nSPS) is 46.8. The topological polar surface area (TPSA) is 0 Å². The van der Waals surface area contributed by atoms with Crippen molar-refractivity contribution >= 4 is 35.9 Å². The van der Waals surface area contributed by atoms with E-state index in [9.17, 15) is 0 Å². The largest absolute Gasteiger partial charge is 0.301 e. The second kappa shape index (κ2) is 3.26. The van der Waals surface area contributed by atoms with Crippen LogP contribution in [0.4, 0.5) is 0 Å². The lowest BCUT2D eigenvalue weighted by Gasteiger charge is -2.62. The summed E-state index contributed by atoms with van der Waals surface area (Å²) in [5, 5.41) is 0. The van der Waals surface area contributed by atoms with E-state index in [-0.39, 0.29) is 0 Å². The van der Waals surface area contributed by atoms with E-state index in [4.69, 9.17) is 0 Å². The van der Waals surface area contributed by atoms with Crippen molar-refractivity contribution in [1.29, 1.82) is 0 Å². The summed E-state index contributed by atoms with van der Waals surface area (Å²) in [5.41, 5.74) is 0.630. The Hall–Kier alpha value is 1.02. The van der Waals surface area contributed by atoms with Crippen LogP contribution in [0.15, 0.2) is 0 Å². The molecule has 0 saturated heterocycles. The monoisotopic (exact) mass is 306 g/mol. The van der Waals surface area contributed by atoms with E-state index in [0.717, 1.165) is 23.6 Å². The Morgan fingerprint density at radius 1 is 1.23 bits per heavy atom. The number of fused-ring (bicyclic) bond motifs is 2. The third-order valence-corrected chi connectivity index (χ3v) is 6.09. The predicted molar refractivity (Wildman–Crippen MR) is 66.5 cm³/mol. The first-order valence-corrected chi connectivity index (χ1v) is 7.06. The molecule has 3 aliphatic carbocycles. The van der Waals surface area contributed by atoms with E-state index < -0.39 is 0 Å². The third kappa shape index (κ3) is 1.45. The van der Waals surface area contributed by atoms with Gasteiger partial charge in [0.05, 0.1) is 0 Å². The molecule has 0 aromatic rings. The summed E-state index contributed by atoms with van der Waals surface area (Å²) in [5.74, 6) is 3.67. The highest BCUT2D eigenvalue weighted by molar-refractivity contribution is 9.49. The summed E-state index contributed by atoms with van der Waals surface area (Å²) < 4.78 is 0.524. The summed E-state index contributed by atoms with van der Waals surface area (Å²) in [4.78, 5) is 0. The maximum absolute atomic E-state index is 3.68. The molecule has 0 aromatic heterocycles. The van der Waals surface area contributed by atoms with E-state index in [1.54, 1.807) is 0 Å². The van der Waals surface area contributed by atoms with E-state index in [0.29, 0.717) is 9.78 Å². The molecule has 3 saturated carbocycles. The molecule has 0 nitrogen and oxygen atoms in total. The molecule has 3 aliphatic rings. The molecular formula is C10H17BBr2. The third-order valence-electron chi connectivity index (χ3n) is 4.74. The fraction of sp³-hybridized carbons (Fsp3) is 1.00. The van der Waals surface area contributed by atoms with Crippen LogP contribution < -0.4 is 0 Å². The zero-order chi connectivity index (χ0) is 9.80. The van der Waals surface area contributed by atoms with Gasteiger partial charge in [-0.2, -0.15) is 0 Å². The maximum atomic E-state index is 3.68. The fourth-order valence-electron chi connectivity index (χ4n) is 3.52. The molecule has 0 N–H and O–H groups in total. The van der Waals surface area contributed by atoms with Crippen molar-refractivity contribution in [2.45, 2.75) is 39.4 Å². The second-order valence-corrected chi connectivity index (χ2v) is 8.66. The summed E-state index contributed by atoms with van der Waals surface area (Å²) >= 11 is 7.36. The second-order valence-electron chi connectivity index (χ2n) is 5.45. The molecule has 0 unspecified atom stereocenters. The first kappa shape index (κ1) is 10.5. The summed E-state index contributed by atoms with van der Waals surface area (Å²) in [6.07, 6.45) is 2.89. The molecule has 2 bridgehead atoms. The van der Waals surface area contributed by atoms with Crippen LogP contribution in [0.2, 0.25) is 5.82 Å². The van der Waals surface area contributed by atoms with Crippen molar-refractivity contribution in [3.63, 3.8) is 0 Å². The maximum Gasteiger partial charge on any atom is 0.301 e. The van der Waals surface area contributed by atoms with Crippen molar-refractivity contribution in [3.8, 4) is 0 Å². The minimum absolute atomic E-state index is 0.524. The highest BCUT2D eigenvalue weighted by Gasteiger charge is 2.57. The first-order chi connectivity index (χ1) is 5.94. The minimum atomic E-state index is 0.524. The van der Waals surface area contributed by atoms with E-state index in [1.807, 2.05) is 0 Å². The molecule has 3 heteroatoms. The van der Waals surface area contributed by atoms with Crippen molar-refractivity contribution in [3.05, 3.63) is 0 Å². The van der Waals surface area contributed by atoms with Crippen LogP contribution >= 0.6 is 31.5 Å². The van der Waals surface area contributed by atoms with Gasteiger partial charge in [-0.3, -0.25) is 0 Å². The molecule has 3 rings (SSSR count). The quantitative estimate of drug-likeness (QED) is 0.632. The van der Waals surface area contributed by atoms with Gasteiger partial charge in [0.1, 0.15) is 0 Å². The molecule has 0 amide bonds. The average molecular weight is 308 g/mol. The Bertz CT molecular complexity index is 213. The predicted octanol–water partition coefficient (Wildman–Crippen LogP) is 4.34. The molecular weight excluding hydrogens is 291 g/mol. The lowest BCUT2D eigenvalue weighted by atomic mass is 9.41. The molecule has 0 aliphatic heterocycles. The van der Waals surface area contributed by atoms with Crippen LogP contribution in [-0.4, -0.2) is 4.36 Å². The fourth-order valence-corrected chi connectivity index (χ4v) is 4.92. The Labute approximate surface area is 98.3 Å². The van der Waals surface area contributed by atoms with Crippen LogP contribution in [0.25, 0.3) is 0 Å². The Morgan fingerprint density at radius 3 is 2.23 bits per heavy atom. The summed E-state index contributed by atoms with van der Waals surface area (Å²) in [7, 11) is 0. The standard InChI is InChI=1S/C10H17BBr2/c1-6-8-4-7(10(8,2)3)5-9(6)11(12)13/h6-9H,4-5H2,1-3H3/t6-,7-,8+,9-/m0/s1. The average Bonchev–Trinajstić information content (AvgIpc) is 2.02. The SMILES string of the molecule is C[C@@H]1[C@@H](B(Br)Br)C[C@@H]2C[C@H]1C2(C)C. The Balaban J connectivity index is 2.12. The van der Waals surface area contributed by atoms with Gasteiger partial charge in [0, 0.05) is 0 Å². The van der Waals surface area contributed by atoms with Gasteiger partial charge in [-0.05, 0) is 35.4 Å². The van der Waals surface area contributed by atoms with E-state index in [1.165, 1.54) is 12.8 Å². The van der Waals surface area contributed by atoms with Crippen molar-refractivity contribution in [2.24, 2.45) is 23.2 Å². The van der Waals surface area contributed by atoms with Crippen LogP contribution in [-0.2, 0) is 0 Å². The number of hydrogen-bond donors (Lipinski definition) is 0. The van der Waals surface area contributed by atoms with Crippen molar-refractivity contribution in [2.75, 3.05) is 0 Å². The zero-order valence-corrected chi connectivity index (χ0v) is 11.7. The summed E-state index contributed by atoms with van der Waals surface area (Å²) in [6.45, 7) is 7.34. The van der Waals surface area contributed by atoms with Crippen LogP contribution in [0.5, 0.6) is 0 Å². The van der Waals surface area contributed by atoms with Gasteiger partial charge < -0.3 is 0 Å². The number of rotatable bonds is 1. The van der Waals surface area contributed by atoms with Gasteiger partial charge in [0.2, 0.25) is 0 Å². The van der Waals surface area contributed by atoms with Crippen LogP contribution in [0.1, 0.15) is 33.6 Å². The van der Waals surface area contributed by atoms with Gasteiger partial charge in [0.15, 0.2) is 0 Å². The minimum Gasteiger partial charge on any atom is -0.139 e. The number of hydrogen-bond acceptors (Lipinski definition) is 0. The Morgan fingerprint density at radius 2 is 1.85 bits per heavy atom. The van der Waals surface area contributed by atoms with Crippen molar-refractivity contribution in [1.82, 2.24) is 0 Å². The lowest BCUT2D eigenvalue weighted by molar-refractivity contribution is -0.0982. The Kier molecular flexibility index (Phi) is 2.65. The van der Waals surface area contributed by atoms with Crippen molar-refractivity contribution < 1.29 is 0 Å². The molecule has 0 heterocycles. The summed E-state index contributed by atoms with van der Waals surface area (Å²) in [6, 6.07) is 0. The molecule has 0 spiro atoms. The molecule has 74 valence electrons. The smallest absolute Gasteiger partial charge is 0.139 e. The highest BCUT2D eigenvalue weighted by atomic mass is 79.9. The van der Waals surface area contributed by atoms with Gasteiger partial charge in [-0.25, -0.2) is 0 Å². The molecule has 4 atom stereocenters. The highest BCUT2D eigenvalue weighted by Crippen LogP contribution is 2.65. The molecule has 13 heavy (non-hydrogen) atoms. The zero-order valence-electron chi connectivity index (χ0n) is 8.56. The van der Waals surface area contributed by atoms with Crippen LogP contribution in [0, 0.1) is 23.2 Å². The van der Waals surface area contributed by atoms with E-state index in [2.05, 4.69) is 52.3 Å². The van der Waals surface area contributed by atoms with Gasteiger partial charge in [-0.1, -0.05) is 27.2 Å². The van der Waals surface area contributed by atoms with Gasteiger partial charge in [-0.15, -0.1) is 31.5 Å². The lowest BCUT2D eigenvalue weighted by Crippen LogP contribution is -2.54.